The van der Waals surface area contributed by atoms with Gasteiger partial charge in [0.05, 0.1) is 18.2 Å². The van der Waals surface area contributed by atoms with Crippen molar-refractivity contribution in [3.8, 4) is 23.3 Å². The second-order valence-corrected chi connectivity index (χ2v) is 5.76. The molecule has 24 heavy (non-hydrogen) atoms. The lowest BCUT2D eigenvalue weighted by Crippen LogP contribution is -1.99. The Kier molecular flexibility index (Phi) is 5.08. The van der Waals surface area contributed by atoms with Gasteiger partial charge in [0.2, 0.25) is 5.89 Å². The second kappa shape index (κ2) is 7.62. The molecule has 0 radical (unpaired) electrons. The Morgan fingerprint density at radius 2 is 1.83 bits per heavy atom. The van der Waals surface area contributed by atoms with E-state index in [2.05, 4.69) is 16.3 Å². The Hall–Kier alpha value is -2.85. The van der Waals surface area contributed by atoms with E-state index in [9.17, 15) is 4.39 Å². The Morgan fingerprint density at radius 3 is 2.54 bits per heavy atom. The number of aromatic nitrogens is 2. The van der Waals surface area contributed by atoms with E-state index in [4.69, 9.17) is 14.4 Å². The van der Waals surface area contributed by atoms with Crippen LogP contribution in [-0.2, 0) is 0 Å². The zero-order valence-electron chi connectivity index (χ0n) is 12.5. The van der Waals surface area contributed by atoms with Gasteiger partial charge in [-0.2, -0.15) is 5.26 Å². The minimum Gasteiger partial charge on any atom is -0.493 e. The molecule has 0 aliphatic carbocycles. The van der Waals surface area contributed by atoms with E-state index in [1.54, 1.807) is 36.4 Å². The van der Waals surface area contributed by atoms with Crippen molar-refractivity contribution in [3.05, 3.63) is 59.9 Å². The molecule has 0 aliphatic rings. The van der Waals surface area contributed by atoms with E-state index in [-0.39, 0.29) is 5.82 Å². The van der Waals surface area contributed by atoms with Gasteiger partial charge in [-0.05, 0) is 48.5 Å². The van der Waals surface area contributed by atoms with Crippen molar-refractivity contribution in [3.63, 3.8) is 0 Å². The highest BCUT2D eigenvalue weighted by molar-refractivity contribution is 7.99. The van der Waals surface area contributed by atoms with Crippen molar-refractivity contribution in [1.29, 1.82) is 5.26 Å². The zero-order valence-corrected chi connectivity index (χ0v) is 13.3. The van der Waals surface area contributed by atoms with Gasteiger partial charge < -0.3 is 9.15 Å². The summed E-state index contributed by atoms with van der Waals surface area (Å²) >= 11 is 1.37. The number of hydrogen-bond acceptors (Lipinski definition) is 6. The van der Waals surface area contributed by atoms with Crippen LogP contribution in [0.5, 0.6) is 5.75 Å². The fourth-order valence-electron chi connectivity index (χ4n) is 1.89. The van der Waals surface area contributed by atoms with Gasteiger partial charge in [0, 0.05) is 11.3 Å². The number of ether oxygens (including phenoxy) is 1. The normalized spacial score (nSPS) is 10.3. The molecule has 0 atom stereocenters. The van der Waals surface area contributed by atoms with Gasteiger partial charge in [-0.15, -0.1) is 10.2 Å². The Labute approximate surface area is 142 Å². The van der Waals surface area contributed by atoms with Crippen molar-refractivity contribution in [2.75, 3.05) is 12.4 Å². The predicted molar refractivity (Wildman–Crippen MR) is 87.1 cm³/mol. The summed E-state index contributed by atoms with van der Waals surface area (Å²) in [6, 6.07) is 14.8. The summed E-state index contributed by atoms with van der Waals surface area (Å²) in [4.78, 5) is 0. The highest BCUT2D eigenvalue weighted by Gasteiger charge is 2.09. The molecule has 3 rings (SSSR count). The molecule has 0 aliphatic heterocycles. The fourth-order valence-corrected chi connectivity index (χ4v) is 2.47. The summed E-state index contributed by atoms with van der Waals surface area (Å²) < 4.78 is 24.0. The predicted octanol–water partition coefficient (Wildman–Crippen LogP) is 3.92. The molecule has 2 aromatic carbocycles. The summed E-state index contributed by atoms with van der Waals surface area (Å²) in [6.45, 7) is 0.463. The lowest BCUT2D eigenvalue weighted by molar-refractivity contribution is 0.343. The SMILES string of the molecule is N#Cc1ccc(OCCSc2nnc(-c3ccc(F)cc3)o2)cc1. The quantitative estimate of drug-likeness (QED) is 0.500. The average Bonchev–Trinajstić information content (AvgIpc) is 3.09. The Morgan fingerprint density at radius 1 is 1.08 bits per heavy atom. The van der Waals surface area contributed by atoms with Crippen LogP contribution in [0.15, 0.2) is 58.2 Å². The third-order valence-electron chi connectivity index (χ3n) is 3.06. The van der Waals surface area contributed by atoms with Crippen molar-refractivity contribution >= 4 is 11.8 Å². The number of nitriles is 1. The van der Waals surface area contributed by atoms with Crippen LogP contribution >= 0.6 is 11.8 Å². The van der Waals surface area contributed by atoms with Crippen LogP contribution in [0.1, 0.15) is 5.56 Å². The van der Waals surface area contributed by atoms with Crippen molar-refractivity contribution in [2.24, 2.45) is 0 Å². The second-order valence-electron chi connectivity index (χ2n) is 4.71. The summed E-state index contributed by atoms with van der Waals surface area (Å²) in [6.07, 6.45) is 0. The molecule has 1 heterocycles. The molecular weight excluding hydrogens is 329 g/mol. The first-order valence-corrected chi connectivity index (χ1v) is 8.08. The number of rotatable bonds is 6. The maximum atomic E-state index is 12.9. The van der Waals surface area contributed by atoms with Crippen LogP contribution in [0.4, 0.5) is 4.39 Å². The zero-order chi connectivity index (χ0) is 16.8. The molecule has 0 amide bonds. The number of halogens is 1. The standard InChI is InChI=1S/C17H12FN3O2S/c18-14-5-3-13(4-6-14)16-20-21-17(23-16)24-10-9-22-15-7-1-12(11-19)2-8-15/h1-8H,9-10H2. The van der Waals surface area contributed by atoms with Gasteiger partial charge in [-0.25, -0.2) is 4.39 Å². The maximum absolute atomic E-state index is 12.9. The average molecular weight is 341 g/mol. The summed E-state index contributed by atoms with van der Waals surface area (Å²) in [5.74, 6) is 1.37. The molecule has 0 fully saturated rings. The first-order valence-electron chi connectivity index (χ1n) is 7.10. The molecule has 0 unspecified atom stereocenters. The molecule has 0 saturated heterocycles. The third kappa shape index (κ3) is 4.12. The number of hydrogen-bond donors (Lipinski definition) is 0. The van der Waals surface area contributed by atoms with Crippen molar-refractivity contribution in [2.45, 2.75) is 5.22 Å². The van der Waals surface area contributed by atoms with Crippen LogP contribution in [0, 0.1) is 17.1 Å². The van der Waals surface area contributed by atoms with Crippen LogP contribution < -0.4 is 4.74 Å². The van der Waals surface area contributed by atoms with E-state index in [0.717, 1.165) is 0 Å². The third-order valence-corrected chi connectivity index (χ3v) is 3.84. The molecule has 5 nitrogen and oxygen atoms in total. The van der Waals surface area contributed by atoms with Crippen molar-refractivity contribution < 1.29 is 13.5 Å². The van der Waals surface area contributed by atoms with Crippen LogP contribution in [-0.4, -0.2) is 22.6 Å². The molecular formula is C17H12FN3O2S. The van der Waals surface area contributed by atoms with E-state index in [0.29, 0.717) is 40.3 Å². The Bertz CT molecular complexity index is 842. The van der Waals surface area contributed by atoms with E-state index in [1.165, 1.54) is 23.9 Å². The van der Waals surface area contributed by atoms with Gasteiger partial charge in [0.15, 0.2) is 0 Å². The van der Waals surface area contributed by atoms with Crippen LogP contribution in [0.2, 0.25) is 0 Å². The van der Waals surface area contributed by atoms with Crippen molar-refractivity contribution in [1.82, 2.24) is 10.2 Å². The molecule has 0 bridgehead atoms. The topological polar surface area (TPSA) is 71.9 Å². The van der Waals surface area contributed by atoms with Gasteiger partial charge in [0.25, 0.3) is 5.22 Å². The molecule has 120 valence electrons. The lowest BCUT2D eigenvalue weighted by Gasteiger charge is -2.04. The van der Waals surface area contributed by atoms with E-state index in [1.807, 2.05) is 0 Å². The molecule has 0 saturated carbocycles. The Balaban J connectivity index is 1.48. The number of thioether (sulfide) groups is 1. The minimum atomic E-state index is -0.312. The first-order chi connectivity index (χ1) is 11.7. The first kappa shape index (κ1) is 16.0. The summed E-state index contributed by atoms with van der Waals surface area (Å²) in [7, 11) is 0. The molecule has 0 N–H and O–H groups in total. The van der Waals surface area contributed by atoms with Gasteiger partial charge in [0.1, 0.15) is 11.6 Å². The molecule has 1 aromatic heterocycles. The van der Waals surface area contributed by atoms with Gasteiger partial charge >= 0.3 is 0 Å². The molecule has 0 spiro atoms. The number of benzene rings is 2. The highest BCUT2D eigenvalue weighted by atomic mass is 32.2. The summed E-state index contributed by atoms with van der Waals surface area (Å²) in [5, 5.41) is 17.0. The van der Waals surface area contributed by atoms with E-state index < -0.39 is 0 Å². The fraction of sp³-hybridized carbons (Fsp3) is 0.118. The van der Waals surface area contributed by atoms with Gasteiger partial charge in [-0.1, -0.05) is 11.8 Å². The highest BCUT2D eigenvalue weighted by Crippen LogP contribution is 2.23. The van der Waals surface area contributed by atoms with E-state index >= 15 is 0 Å². The van der Waals surface area contributed by atoms with Crippen LogP contribution in [0.3, 0.4) is 0 Å². The number of nitrogens with zero attached hydrogens (tertiary/aromatic N) is 3. The maximum Gasteiger partial charge on any atom is 0.276 e. The smallest absolute Gasteiger partial charge is 0.276 e. The molecule has 7 heteroatoms. The molecule has 3 aromatic rings. The lowest BCUT2D eigenvalue weighted by atomic mass is 10.2. The minimum absolute atomic E-state index is 0.312. The van der Waals surface area contributed by atoms with Crippen LogP contribution in [0.25, 0.3) is 11.5 Å². The monoisotopic (exact) mass is 341 g/mol. The largest absolute Gasteiger partial charge is 0.493 e. The van der Waals surface area contributed by atoms with Gasteiger partial charge in [-0.3, -0.25) is 0 Å². The summed E-state index contributed by atoms with van der Waals surface area (Å²) in [5.41, 5.74) is 1.26.